The first-order valence-electron chi connectivity index (χ1n) is 5.79. The molecule has 0 atom stereocenters. The Morgan fingerprint density at radius 2 is 2.00 bits per heavy atom. The van der Waals surface area contributed by atoms with E-state index in [9.17, 15) is 0 Å². The van der Waals surface area contributed by atoms with E-state index in [4.69, 9.17) is 4.74 Å². The van der Waals surface area contributed by atoms with Gasteiger partial charge in [-0.05, 0) is 24.5 Å². The highest BCUT2D eigenvalue weighted by molar-refractivity contribution is 5.35. The number of ether oxygens (including phenoxy) is 1. The van der Waals surface area contributed by atoms with Crippen LogP contribution in [0.5, 0.6) is 5.75 Å². The van der Waals surface area contributed by atoms with Gasteiger partial charge in [0.25, 0.3) is 0 Å². The Labute approximate surface area is 92.6 Å². The Hall–Kier alpha value is -1.02. The molecule has 0 bridgehead atoms. The topological polar surface area (TPSA) is 25.8 Å². The Morgan fingerprint density at radius 3 is 2.67 bits per heavy atom. The molecule has 0 aliphatic carbocycles. The molecule has 15 heavy (non-hydrogen) atoms. The second-order valence-electron chi connectivity index (χ2n) is 4.03. The van der Waals surface area contributed by atoms with E-state index in [2.05, 4.69) is 44.3 Å². The van der Waals surface area contributed by atoms with Crippen LogP contribution >= 0.6 is 0 Å². The van der Waals surface area contributed by atoms with Gasteiger partial charge in [-0.3, -0.25) is 0 Å². The van der Waals surface area contributed by atoms with Crippen LogP contribution in [0.25, 0.3) is 0 Å². The highest BCUT2D eigenvalue weighted by Gasteiger charge is 2.06. The summed E-state index contributed by atoms with van der Waals surface area (Å²) in [5, 5.41) is 2.25. The van der Waals surface area contributed by atoms with E-state index < -0.39 is 0 Å². The van der Waals surface area contributed by atoms with E-state index in [0.29, 0.717) is 5.92 Å². The molecule has 0 saturated heterocycles. The lowest BCUT2D eigenvalue weighted by Crippen LogP contribution is -2.84. The zero-order valence-electron chi connectivity index (χ0n) is 9.99. The van der Waals surface area contributed by atoms with Crippen LogP contribution in [0.1, 0.15) is 32.3 Å². The molecule has 0 aliphatic heterocycles. The van der Waals surface area contributed by atoms with Crippen LogP contribution in [-0.2, 0) is 0 Å². The number of hydrogen-bond donors (Lipinski definition) is 1. The van der Waals surface area contributed by atoms with E-state index in [1.165, 1.54) is 5.56 Å². The van der Waals surface area contributed by atoms with Gasteiger partial charge in [0.1, 0.15) is 18.9 Å². The van der Waals surface area contributed by atoms with Crippen molar-refractivity contribution in [2.75, 3.05) is 19.7 Å². The maximum Gasteiger partial charge on any atom is 0.137 e. The van der Waals surface area contributed by atoms with Crippen LogP contribution in [-0.4, -0.2) is 19.7 Å². The van der Waals surface area contributed by atoms with Crippen molar-refractivity contribution in [1.82, 2.24) is 0 Å². The Bertz CT molecular complexity index is 284. The summed E-state index contributed by atoms with van der Waals surface area (Å²) in [6.07, 6.45) is 0. The van der Waals surface area contributed by atoms with Crippen molar-refractivity contribution < 1.29 is 10.1 Å². The fraction of sp³-hybridized carbons (Fsp3) is 0.538. The van der Waals surface area contributed by atoms with Crippen LogP contribution in [0, 0.1) is 0 Å². The standard InChI is InChI=1S/C13H21NO/c1-4-14-9-10-15-13-8-6-5-7-12(13)11(2)3/h5-8,11,14H,4,9-10H2,1-3H3/p+1. The largest absolute Gasteiger partial charge is 0.487 e. The highest BCUT2D eigenvalue weighted by Crippen LogP contribution is 2.25. The summed E-state index contributed by atoms with van der Waals surface area (Å²) in [7, 11) is 0. The van der Waals surface area contributed by atoms with Gasteiger partial charge < -0.3 is 10.1 Å². The van der Waals surface area contributed by atoms with E-state index in [1.54, 1.807) is 0 Å². The van der Waals surface area contributed by atoms with E-state index >= 15 is 0 Å². The molecule has 0 fully saturated rings. The Balaban J connectivity index is 2.52. The van der Waals surface area contributed by atoms with Crippen molar-refractivity contribution in [3.05, 3.63) is 29.8 Å². The molecule has 2 N–H and O–H groups in total. The minimum atomic E-state index is 0.524. The van der Waals surface area contributed by atoms with Crippen LogP contribution in [0.4, 0.5) is 0 Å². The Morgan fingerprint density at radius 1 is 1.27 bits per heavy atom. The number of quaternary nitrogens is 1. The molecule has 0 heterocycles. The van der Waals surface area contributed by atoms with Gasteiger partial charge in [-0.15, -0.1) is 0 Å². The number of para-hydroxylation sites is 1. The molecule has 1 aromatic rings. The molecular formula is C13H22NO+. The smallest absolute Gasteiger partial charge is 0.137 e. The summed E-state index contributed by atoms with van der Waals surface area (Å²) in [5.41, 5.74) is 1.30. The second-order valence-corrected chi connectivity index (χ2v) is 4.03. The molecular weight excluding hydrogens is 186 g/mol. The second kappa shape index (κ2) is 6.46. The normalized spacial score (nSPS) is 10.7. The molecule has 0 unspecified atom stereocenters. The molecule has 1 aromatic carbocycles. The molecule has 0 radical (unpaired) electrons. The molecule has 0 amide bonds. The lowest BCUT2D eigenvalue weighted by molar-refractivity contribution is -0.652. The molecule has 0 saturated carbocycles. The summed E-state index contributed by atoms with van der Waals surface area (Å²) >= 11 is 0. The fourth-order valence-corrected chi connectivity index (χ4v) is 1.55. The number of benzene rings is 1. The molecule has 0 aromatic heterocycles. The predicted molar refractivity (Wildman–Crippen MR) is 63.4 cm³/mol. The van der Waals surface area contributed by atoms with Crippen LogP contribution in [0.3, 0.4) is 0 Å². The maximum atomic E-state index is 5.77. The first-order chi connectivity index (χ1) is 7.25. The number of hydrogen-bond acceptors (Lipinski definition) is 1. The lowest BCUT2D eigenvalue weighted by Gasteiger charge is -2.13. The average molecular weight is 208 g/mol. The van der Waals surface area contributed by atoms with Gasteiger partial charge in [0, 0.05) is 0 Å². The zero-order chi connectivity index (χ0) is 11.1. The minimum Gasteiger partial charge on any atom is -0.487 e. The quantitative estimate of drug-likeness (QED) is 0.708. The first kappa shape index (κ1) is 12.1. The molecule has 0 spiro atoms. The lowest BCUT2D eigenvalue weighted by atomic mass is 10.0. The average Bonchev–Trinajstić information content (AvgIpc) is 2.25. The van der Waals surface area contributed by atoms with Crippen molar-refractivity contribution in [3.8, 4) is 5.75 Å². The molecule has 84 valence electrons. The van der Waals surface area contributed by atoms with Gasteiger partial charge in [-0.25, -0.2) is 0 Å². The molecule has 2 heteroatoms. The van der Waals surface area contributed by atoms with Crippen molar-refractivity contribution in [1.29, 1.82) is 0 Å². The third-order valence-corrected chi connectivity index (χ3v) is 2.41. The summed E-state index contributed by atoms with van der Waals surface area (Å²) in [6.45, 7) is 9.48. The van der Waals surface area contributed by atoms with Crippen molar-refractivity contribution >= 4 is 0 Å². The third-order valence-electron chi connectivity index (χ3n) is 2.41. The molecule has 2 nitrogen and oxygen atoms in total. The fourth-order valence-electron chi connectivity index (χ4n) is 1.55. The number of rotatable bonds is 6. The Kier molecular flexibility index (Phi) is 5.19. The van der Waals surface area contributed by atoms with Crippen LogP contribution in [0.2, 0.25) is 0 Å². The predicted octanol–water partition coefficient (Wildman–Crippen LogP) is 1.77. The first-order valence-corrected chi connectivity index (χ1v) is 5.79. The van der Waals surface area contributed by atoms with E-state index in [-0.39, 0.29) is 0 Å². The van der Waals surface area contributed by atoms with E-state index in [1.807, 2.05) is 6.07 Å². The van der Waals surface area contributed by atoms with Gasteiger partial charge in [0.15, 0.2) is 0 Å². The maximum absolute atomic E-state index is 5.77. The third kappa shape index (κ3) is 3.92. The van der Waals surface area contributed by atoms with Crippen LogP contribution < -0.4 is 10.1 Å². The molecule has 1 rings (SSSR count). The summed E-state index contributed by atoms with van der Waals surface area (Å²) in [5.74, 6) is 1.56. The van der Waals surface area contributed by atoms with E-state index in [0.717, 1.165) is 25.4 Å². The minimum absolute atomic E-state index is 0.524. The summed E-state index contributed by atoms with van der Waals surface area (Å²) < 4.78 is 5.77. The molecule has 0 aliphatic rings. The van der Waals surface area contributed by atoms with Crippen molar-refractivity contribution in [3.63, 3.8) is 0 Å². The van der Waals surface area contributed by atoms with Gasteiger partial charge in [-0.1, -0.05) is 32.0 Å². The SMILES string of the molecule is CC[NH2+]CCOc1ccccc1C(C)C. The monoisotopic (exact) mass is 208 g/mol. The summed E-state index contributed by atoms with van der Waals surface area (Å²) in [4.78, 5) is 0. The number of nitrogens with two attached hydrogens (primary N) is 1. The van der Waals surface area contributed by atoms with Crippen molar-refractivity contribution in [2.24, 2.45) is 0 Å². The van der Waals surface area contributed by atoms with Gasteiger partial charge >= 0.3 is 0 Å². The van der Waals surface area contributed by atoms with Gasteiger partial charge in [0.05, 0.1) is 6.54 Å². The van der Waals surface area contributed by atoms with Crippen molar-refractivity contribution in [2.45, 2.75) is 26.7 Å². The zero-order valence-corrected chi connectivity index (χ0v) is 9.99. The van der Waals surface area contributed by atoms with Gasteiger partial charge in [-0.2, -0.15) is 0 Å². The van der Waals surface area contributed by atoms with Gasteiger partial charge in [0.2, 0.25) is 0 Å². The number of likely N-dealkylation sites (N-methyl/N-ethyl adjacent to an activating group) is 1. The summed E-state index contributed by atoms with van der Waals surface area (Å²) in [6, 6.07) is 8.30. The van der Waals surface area contributed by atoms with Crippen LogP contribution in [0.15, 0.2) is 24.3 Å². The highest BCUT2D eigenvalue weighted by atomic mass is 16.5.